The normalized spacial score (nSPS) is 11.7. The summed E-state index contributed by atoms with van der Waals surface area (Å²) in [5, 5.41) is 21.7. The number of fused-ring (bicyclic) bond motifs is 2. The van der Waals surface area contributed by atoms with Gasteiger partial charge in [-0.15, -0.1) is 0 Å². The number of amides is 2. The van der Waals surface area contributed by atoms with Crippen molar-refractivity contribution in [3.63, 3.8) is 0 Å². The first kappa shape index (κ1) is 47.7. The van der Waals surface area contributed by atoms with Gasteiger partial charge in [-0.3, -0.25) is 19.2 Å². The topological polar surface area (TPSA) is 209 Å². The van der Waals surface area contributed by atoms with Gasteiger partial charge in [-0.1, -0.05) is 0 Å². The highest BCUT2D eigenvalue weighted by Crippen LogP contribution is 2.41. The van der Waals surface area contributed by atoms with Gasteiger partial charge in [-0.25, -0.2) is 27.5 Å². The van der Waals surface area contributed by atoms with Crippen LogP contribution in [0.1, 0.15) is 32.4 Å². The number of imidazole rings is 2. The van der Waals surface area contributed by atoms with Crippen LogP contribution in [0.2, 0.25) is 0 Å². The van der Waals surface area contributed by atoms with E-state index in [1.807, 2.05) is 0 Å². The molecule has 0 aliphatic heterocycles. The highest BCUT2D eigenvalue weighted by atomic mass is 79.9. The van der Waals surface area contributed by atoms with Gasteiger partial charge in [0.05, 0.1) is 40.0 Å². The van der Waals surface area contributed by atoms with Crippen LogP contribution in [0, 0.1) is 0 Å². The predicted molar refractivity (Wildman–Crippen MR) is 216 cm³/mol. The summed E-state index contributed by atoms with van der Waals surface area (Å²) in [6.45, 7) is -1.10. The van der Waals surface area contributed by atoms with E-state index in [4.69, 9.17) is 19.7 Å². The number of aromatic amines is 2. The molecule has 62 heavy (non-hydrogen) atoms. The monoisotopic (exact) mass is 1130 g/mol. The number of aliphatic carboxylic acids is 2. The molecule has 6 N–H and O–H groups in total. The fourth-order valence-corrected chi connectivity index (χ4v) is 7.65. The predicted octanol–water partition coefficient (Wildman–Crippen LogP) is 10.1. The van der Waals surface area contributed by atoms with Crippen LogP contribution in [-0.4, -0.2) is 79.8 Å². The summed E-state index contributed by atoms with van der Waals surface area (Å²) >= 11 is 13.0. The smallest absolute Gasteiger partial charge is 0.363 e. The highest BCUT2D eigenvalue weighted by molar-refractivity contribution is 9.11. The molecule has 14 nitrogen and oxygen atoms in total. The maximum absolute atomic E-state index is 13.5. The minimum absolute atomic E-state index is 0.0475. The summed E-state index contributed by atoms with van der Waals surface area (Å²) in [4.78, 5) is 56.5. The number of nitrogens with zero attached hydrogens (tertiary/aromatic N) is 2. The molecule has 0 fully saturated rings. The zero-order chi connectivity index (χ0) is 45.8. The minimum atomic E-state index is -4.43. The Kier molecular flexibility index (Phi) is 14.9. The maximum atomic E-state index is 13.5. The molecule has 2 heterocycles. The van der Waals surface area contributed by atoms with Gasteiger partial charge in [0.2, 0.25) is 0 Å². The Hall–Kier alpha value is -5.34. The van der Waals surface area contributed by atoms with Gasteiger partial charge in [0.1, 0.15) is 24.6 Å². The number of benzene rings is 4. The van der Waals surface area contributed by atoms with Gasteiger partial charge in [-0.05, 0) is 112 Å². The Labute approximate surface area is 374 Å². The van der Waals surface area contributed by atoms with Crippen molar-refractivity contribution >= 4 is 110 Å². The number of halogens is 12. The van der Waals surface area contributed by atoms with Crippen molar-refractivity contribution in [1.82, 2.24) is 30.6 Å². The Morgan fingerprint density at radius 2 is 0.919 bits per heavy atom. The highest BCUT2D eigenvalue weighted by Gasteiger charge is 2.46. The number of aromatic nitrogens is 4. The quantitative estimate of drug-likeness (QED) is 0.0569. The van der Waals surface area contributed by atoms with Crippen molar-refractivity contribution in [2.24, 2.45) is 0 Å². The third-order valence-corrected chi connectivity index (χ3v) is 10.2. The SMILES string of the molecule is O=C(O)CNC(=O)c1cc(Br)c(Oc2ccc3nc(C(F)(F)C(F)F)[nH]c3c2)c(Br)c1.O=C(O)CNC(=O)c1cc(Br)c(Oc2ccc3nc(C(F)(F)C(F)F)[nH]c3c2)c(Br)c1. The fourth-order valence-electron chi connectivity index (χ4n) is 4.96. The summed E-state index contributed by atoms with van der Waals surface area (Å²) in [6, 6.07) is 13.6. The van der Waals surface area contributed by atoms with Crippen LogP contribution in [0.4, 0.5) is 35.1 Å². The Morgan fingerprint density at radius 1 is 0.597 bits per heavy atom. The summed E-state index contributed by atoms with van der Waals surface area (Å²) in [6.07, 6.45) is -7.83. The van der Waals surface area contributed by atoms with Crippen molar-refractivity contribution in [2.75, 3.05) is 13.1 Å². The lowest BCUT2D eigenvalue weighted by atomic mass is 10.2. The van der Waals surface area contributed by atoms with E-state index < -0.39 is 73.2 Å². The number of carboxylic acids is 2. The third-order valence-electron chi connectivity index (χ3n) is 7.85. The van der Waals surface area contributed by atoms with Crippen LogP contribution in [0.25, 0.3) is 22.1 Å². The lowest BCUT2D eigenvalue weighted by Crippen LogP contribution is -2.29. The zero-order valence-electron chi connectivity index (χ0n) is 30.1. The number of nitrogens with one attached hydrogen (secondary N) is 4. The van der Waals surface area contributed by atoms with Gasteiger partial charge in [0, 0.05) is 23.3 Å². The molecule has 2 aromatic heterocycles. The molecule has 0 unspecified atom stereocenters. The van der Waals surface area contributed by atoms with Crippen LogP contribution < -0.4 is 20.1 Å². The number of carboxylic acid groups (broad SMARTS) is 2. The van der Waals surface area contributed by atoms with Crippen LogP contribution in [0.5, 0.6) is 23.0 Å². The molecular weight excluding hydrogens is 1120 g/mol. The first-order chi connectivity index (χ1) is 29.0. The van der Waals surface area contributed by atoms with Crippen molar-refractivity contribution in [2.45, 2.75) is 24.7 Å². The second-order valence-corrected chi connectivity index (χ2v) is 15.7. The lowest BCUT2D eigenvalue weighted by Gasteiger charge is -2.12. The van der Waals surface area contributed by atoms with Gasteiger partial charge in [0.15, 0.2) is 23.1 Å². The second-order valence-electron chi connectivity index (χ2n) is 12.3. The number of alkyl halides is 8. The lowest BCUT2D eigenvalue weighted by molar-refractivity contribution is -0.140. The summed E-state index contributed by atoms with van der Waals surface area (Å²) < 4.78 is 117. The van der Waals surface area contributed by atoms with Crippen molar-refractivity contribution in [3.05, 3.63) is 101 Å². The van der Waals surface area contributed by atoms with E-state index in [2.05, 4.69) is 94.3 Å². The molecule has 0 saturated carbocycles. The first-order valence-electron chi connectivity index (χ1n) is 16.6. The Balaban J connectivity index is 0.000000234. The summed E-state index contributed by atoms with van der Waals surface area (Å²) in [5.41, 5.74) is 0.512. The van der Waals surface area contributed by atoms with Crippen LogP contribution in [0.3, 0.4) is 0 Å². The molecule has 0 saturated heterocycles. The van der Waals surface area contributed by atoms with E-state index in [9.17, 15) is 54.3 Å². The Morgan fingerprint density at radius 3 is 1.21 bits per heavy atom. The molecule has 6 rings (SSSR count). The molecule has 4 aromatic carbocycles. The molecule has 328 valence electrons. The number of carbonyl (C=O) groups is 4. The van der Waals surface area contributed by atoms with Crippen molar-refractivity contribution in [1.29, 1.82) is 0 Å². The number of carbonyl (C=O) groups excluding carboxylic acids is 2. The zero-order valence-corrected chi connectivity index (χ0v) is 36.5. The third kappa shape index (κ3) is 11.2. The molecular formula is C36H22Br4F8N6O8. The number of hydrogen-bond acceptors (Lipinski definition) is 8. The largest absolute Gasteiger partial charge is 0.480 e. The van der Waals surface area contributed by atoms with Crippen molar-refractivity contribution in [3.8, 4) is 23.0 Å². The average Bonchev–Trinajstić information content (AvgIpc) is 3.84. The van der Waals surface area contributed by atoms with Crippen molar-refractivity contribution < 1.29 is 74.0 Å². The van der Waals surface area contributed by atoms with Gasteiger partial charge in [-0.2, -0.15) is 17.6 Å². The van der Waals surface area contributed by atoms with Crippen LogP contribution >= 0.6 is 63.7 Å². The summed E-state index contributed by atoms with van der Waals surface area (Å²) in [5.74, 6) is -14.0. The second kappa shape index (κ2) is 19.4. The molecule has 6 aromatic rings. The van der Waals surface area contributed by atoms with E-state index in [0.29, 0.717) is 17.9 Å². The molecule has 0 spiro atoms. The van der Waals surface area contributed by atoms with Gasteiger partial charge in [0.25, 0.3) is 11.8 Å². The average molecular weight is 1140 g/mol. The van der Waals surface area contributed by atoms with E-state index in [-0.39, 0.29) is 56.2 Å². The fraction of sp³-hybridized carbons (Fsp3) is 0.167. The molecule has 0 radical (unpaired) electrons. The van der Waals surface area contributed by atoms with Crippen LogP contribution in [0.15, 0.2) is 78.6 Å². The first-order valence-corrected chi connectivity index (χ1v) is 19.8. The van der Waals surface area contributed by atoms with E-state index >= 15 is 0 Å². The molecule has 0 bridgehead atoms. The van der Waals surface area contributed by atoms with Gasteiger partial charge >= 0.3 is 36.6 Å². The molecule has 2 amide bonds. The van der Waals surface area contributed by atoms with E-state index in [1.54, 1.807) is 0 Å². The van der Waals surface area contributed by atoms with E-state index in [1.165, 1.54) is 60.7 Å². The number of rotatable bonds is 14. The summed E-state index contributed by atoms with van der Waals surface area (Å²) in [7, 11) is 0. The maximum Gasteiger partial charge on any atom is 0.363 e. The molecule has 0 aliphatic rings. The minimum Gasteiger partial charge on any atom is -0.480 e. The number of ether oxygens (including phenoxy) is 2. The molecule has 0 atom stereocenters. The Bertz CT molecular complexity index is 2480. The van der Waals surface area contributed by atoms with Gasteiger partial charge < -0.3 is 40.3 Å². The number of H-pyrrole nitrogens is 2. The molecule has 0 aliphatic carbocycles. The van der Waals surface area contributed by atoms with Crippen LogP contribution in [-0.2, 0) is 21.4 Å². The number of hydrogen-bond donors (Lipinski definition) is 6. The molecule has 26 heteroatoms. The standard InChI is InChI=1S/2C18H11Br2F4N3O4/c2*19-9-3-7(15(30)25-6-13(28)29)4-10(20)14(9)31-8-1-2-11-12(5-8)27-17(26-11)18(23,24)16(21)22/h2*1-5,16H,6H2,(H,25,30)(H,26,27)(H,28,29). The van der Waals surface area contributed by atoms with E-state index in [0.717, 1.165) is 0 Å².